The molecule has 9 nitrogen and oxygen atoms in total. The first kappa shape index (κ1) is 31.1. The topological polar surface area (TPSA) is 98.2 Å². The molecule has 212 valence electrons. The second-order valence-corrected chi connectivity index (χ2v) is 11.3. The Balaban J connectivity index is 0.000000771. The van der Waals surface area contributed by atoms with Gasteiger partial charge in [0, 0.05) is 12.1 Å². The fraction of sp³-hybridized carbons (Fsp3) is 0.304. The molecule has 0 aliphatic carbocycles. The van der Waals surface area contributed by atoms with Crippen LogP contribution in [0.5, 0.6) is 23.1 Å². The molecule has 2 aromatic carbocycles. The van der Waals surface area contributed by atoms with Gasteiger partial charge >= 0.3 is 0 Å². The molecule has 1 aliphatic rings. The van der Waals surface area contributed by atoms with Crippen molar-refractivity contribution in [2.45, 2.75) is 16.5 Å². The fourth-order valence-electron chi connectivity index (χ4n) is 3.53. The zero-order chi connectivity index (χ0) is 28.9. The van der Waals surface area contributed by atoms with Gasteiger partial charge in [-0.3, -0.25) is 0 Å². The van der Waals surface area contributed by atoms with Crippen LogP contribution in [0.1, 0.15) is 11.4 Å². The van der Waals surface area contributed by atoms with Gasteiger partial charge in [0.15, 0.2) is 34.8 Å². The Morgan fingerprint density at radius 2 is 1.67 bits per heavy atom. The lowest BCUT2D eigenvalue weighted by Gasteiger charge is -2.21. The monoisotopic (exact) mass is 646 g/mol. The number of rotatable bonds is 8. The molecular weight excluding hydrogens is 628 g/mol. The molecule has 0 spiro atoms. The average Bonchev–Trinajstić information content (AvgIpc) is 3.32. The lowest BCUT2D eigenvalue weighted by Crippen LogP contribution is -2.18. The van der Waals surface area contributed by atoms with Gasteiger partial charge in [0.1, 0.15) is 24.7 Å². The van der Waals surface area contributed by atoms with E-state index < -0.39 is 14.9 Å². The first-order valence-electron chi connectivity index (χ1n) is 10.8. The molecule has 1 aliphatic heterocycles. The number of benzene rings is 2. The second-order valence-electron chi connectivity index (χ2n) is 7.48. The minimum atomic E-state index is -1.61. The van der Waals surface area contributed by atoms with Crippen molar-refractivity contribution < 1.29 is 32.8 Å². The van der Waals surface area contributed by atoms with E-state index in [0.29, 0.717) is 22.2 Å². The molecule has 0 atom stereocenters. The summed E-state index contributed by atoms with van der Waals surface area (Å²) in [6.07, 6.45) is 0. The van der Waals surface area contributed by atoms with Crippen molar-refractivity contribution in [3.05, 3.63) is 52.3 Å². The summed E-state index contributed by atoms with van der Waals surface area (Å²) in [6.45, 7) is -0.444. The summed E-state index contributed by atoms with van der Waals surface area (Å²) in [7, 11) is 4.24. The van der Waals surface area contributed by atoms with Gasteiger partial charge in [-0.2, -0.15) is 4.98 Å². The Bertz CT molecular complexity index is 1330. The van der Waals surface area contributed by atoms with E-state index in [2.05, 4.69) is 15.3 Å². The van der Waals surface area contributed by atoms with Gasteiger partial charge in [-0.25, -0.2) is 13.8 Å². The highest BCUT2D eigenvalue weighted by Crippen LogP contribution is 2.46. The normalized spacial score (nSPS) is 12.2. The lowest BCUT2D eigenvalue weighted by molar-refractivity contribution is 0.268. The Morgan fingerprint density at radius 3 is 2.26 bits per heavy atom. The molecule has 0 amide bonds. The predicted molar refractivity (Wildman–Crippen MR) is 147 cm³/mol. The van der Waals surface area contributed by atoms with Crippen LogP contribution >= 0.6 is 58.0 Å². The number of methoxy groups -OCH3 is 3. The molecular formula is C23H21Cl5F2N4O5. The van der Waals surface area contributed by atoms with Crippen molar-refractivity contribution in [2.75, 3.05) is 38.2 Å². The van der Waals surface area contributed by atoms with Gasteiger partial charge in [-0.05, 0) is 12.1 Å². The molecule has 2 heterocycles. The van der Waals surface area contributed by atoms with E-state index in [-0.39, 0.29) is 54.4 Å². The molecule has 16 heteroatoms. The van der Waals surface area contributed by atoms with Gasteiger partial charge < -0.3 is 34.3 Å². The molecule has 0 fully saturated rings. The third kappa shape index (κ3) is 7.62. The largest absolute Gasteiger partial charge is 0.496 e. The summed E-state index contributed by atoms with van der Waals surface area (Å²) < 4.78 is 48.1. The SMILES string of the molecule is COc1cc(Cl)c(N2CNc3c(OC)nc(CO)nc32)cc1OCc1c(OC)ccc(F)c1F.ClC(Cl)(Cl)Cl. The van der Waals surface area contributed by atoms with Crippen LogP contribution in [-0.4, -0.2) is 46.3 Å². The molecule has 0 saturated heterocycles. The third-order valence-electron chi connectivity index (χ3n) is 5.18. The lowest BCUT2D eigenvalue weighted by atomic mass is 10.2. The van der Waals surface area contributed by atoms with Crippen molar-refractivity contribution in [1.82, 2.24) is 9.97 Å². The molecule has 0 unspecified atom stereocenters. The number of hydrogen-bond donors (Lipinski definition) is 2. The van der Waals surface area contributed by atoms with E-state index in [4.69, 9.17) is 77.0 Å². The van der Waals surface area contributed by atoms with Crippen molar-refractivity contribution in [3.8, 4) is 23.1 Å². The van der Waals surface area contributed by atoms with Crippen LogP contribution in [0.3, 0.4) is 0 Å². The molecule has 1 aromatic heterocycles. The maximum Gasteiger partial charge on any atom is 0.266 e. The molecule has 0 saturated carbocycles. The van der Waals surface area contributed by atoms with E-state index in [9.17, 15) is 13.9 Å². The number of aliphatic hydroxyl groups is 1. The fourth-order valence-corrected chi connectivity index (χ4v) is 3.78. The Morgan fingerprint density at radius 1 is 1.00 bits per heavy atom. The van der Waals surface area contributed by atoms with Gasteiger partial charge in [-0.15, -0.1) is 0 Å². The smallest absolute Gasteiger partial charge is 0.266 e. The van der Waals surface area contributed by atoms with Crippen molar-refractivity contribution >= 4 is 75.2 Å². The highest BCUT2D eigenvalue weighted by molar-refractivity contribution is 6.83. The molecule has 0 bridgehead atoms. The van der Waals surface area contributed by atoms with Crippen molar-refractivity contribution in [1.29, 1.82) is 0 Å². The second kappa shape index (κ2) is 13.3. The van der Waals surface area contributed by atoms with Crippen LogP contribution in [-0.2, 0) is 13.2 Å². The molecule has 39 heavy (non-hydrogen) atoms. The first-order chi connectivity index (χ1) is 18.4. The van der Waals surface area contributed by atoms with Gasteiger partial charge in [0.05, 0.1) is 44.3 Å². The van der Waals surface area contributed by atoms with E-state index in [0.717, 1.165) is 6.07 Å². The summed E-state index contributed by atoms with van der Waals surface area (Å²) in [5.41, 5.74) is 0.931. The zero-order valence-electron chi connectivity index (χ0n) is 20.5. The maximum absolute atomic E-state index is 14.4. The maximum atomic E-state index is 14.4. The standard InChI is InChI=1S/C22H21ClF2N4O5.CCl4/c1-31-15-5-4-13(24)19(25)11(15)9-34-17-7-14(12(23)6-16(17)32-2)29-10-26-20-21(29)27-18(8-30)28-22(20)33-3;2-1(3,4)5/h4-7,26,30H,8-10H2,1-3H3;. The zero-order valence-corrected chi connectivity index (χ0v) is 24.3. The number of anilines is 3. The van der Waals surface area contributed by atoms with Crippen molar-refractivity contribution in [2.24, 2.45) is 0 Å². The minimum Gasteiger partial charge on any atom is -0.496 e. The highest BCUT2D eigenvalue weighted by Gasteiger charge is 2.29. The number of nitrogens with one attached hydrogen (secondary N) is 1. The van der Waals surface area contributed by atoms with Gasteiger partial charge in [0.2, 0.25) is 5.88 Å². The van der Waals surface area contributed by atoms with Crippen LogP contribution in [0.25, 0.3) is 0 Å². The van der Waals surface area contributed by atoms with E-state index in [1.807, 2.05) is 0 Å². The Kier molecular flexibility index (Phi) is 10.6. The number of nitrogens with zero attached hydrogens (tertiary/aromatic N) is 3. The average molecular weight is 649 g/mol. The minimum absolute atomic E-state index is 0.0840. The van der Waals surface area contributed by atoms with Crippen molar-refractivity contribution in [3.63, 3.8) is 0 Å². The van der Waals surface area contributed by atoms with E-state index >= 15 is 0 Å². The first-order valence-corrected chi connectivity index (χ1v) is 12.6. The summed E-state index contributed by atoms with van der Waals surface area (Å²) >= 11 is 25.8. The number of fused-ring (bicyclic) bond motifs is 1. The van der Waals surface area contributed by atoms with Gasteiger partial charge in [0.25, 0.3) is 3.25 Å². The number of ether oxygens (including phenoxy) is 4. The number of aromatic nitrogens is 2. The number of hydrogen-bond acceptors (Lipinski definition) is 9. The highest BCUT2D eigenvalue weighted by atomic mass is 35.6. The number of halogens is 7. The summed E-state index contributed by atoms with van der Waals surface area (Å²) in [5.74, 6) is -0.554. The summed E-state index contributed by atoms with van der Waals surface area (Å²) in [5, 5.41) is 13.0. The van der Waals surface area contributed by atoms with E-state index in [1.165, 1.54) is 33.5 Å². The Labute approximate surface area is 247 Å². The van der Waals surface area contributed by atoms with Crippen LogP contribution in [0.4, 0.5) is 26.0 Å². The van der Waals surface area contributed by atoms with Crippen LogP contribution in [0.2, 0.25) is 5.02 Å². The third-order valence-corrected chi connectivity index (χ3v) is 5.48. The summed E-state index contributed by atoms with van der Waals surface area (Å²) in [6, 6.07) is 5.43. The van der Waals surface area contributed by atoms with E-state index in [1.54, 1.807) is 11.0 Å². The van der Waals surface area contributed by atoms with Gasteiger partial charge in [-0.1, -0.05) is 58.0 Å². The predicted octanol–water partition coefficient (Wildman–Crippen LogP) is 6.58. The van der Waals surface area contributed by atoms with Crippen LogP contribution in [0.15, 0.2) is 24.3 Å². The van der Waals surface area contributed by atoms with Crippen LogP contribution in [0, 0.1) is 11.6 Å². The molecule has 2 N–H and O–H groups in total. The molecule has 3 aromatic rings. The molecule has 0 radical (unpaired) electrons. The number of aliphatic hydroxyl groups excluding tert-OH is 1. The summed E-state index contributed by atoms with van der Waals surface area (Å²) in [4.78, 5) is 10.2. The Hall–Kier alpha value is -2.41. The number of alkyl halides is 4. The van der Waals surface area contributed by atoms with Crippen LogP contribution < -0.4 is 29.2 Å². The molecule has 4 rings (SSSR count). The quantitative estimate of drug-likeness (QED) is 0.263.